The van der Waals surface area contributed by atoms with Gasteiger partial charge in [-0.15, -0.1) is 0 Å². The van der Waals surface area contributed by atoms with E-state index in [9.17, 15) is 10.0 Å². The van der Waals surface area contributed by atoms with E-state index in [2.05, 4.69) is 46.7 Å². The number of nitrogens with zero attached hydrogens (tertiary/aromatic N) is 1. The lowest BCUT2D eigenvalue weighted by Crippen LogP contribution is -2.96. The molecule has 0 aromatic heterocycles. The Morgan fingerprint density at radius 3 is 2.22 bits per heavy atom. The molecule has 9 rings (SSSR count). The Morgan fingerprint density at radius 1 is 0.969 bits per heavy atom. The largest absolute Gasteiger partial charge is 0.390 e. The van der Waals surface area contributed by atoms with Gasteiger partial charge in [-0.3, -0.25) is 0 Å². The molecule has 0 aliphatic heterocycles. The van der Waals surface area contributed by atoms with Crippen molar-refractivity contribution >= 4 is 0 Å². The average Bonchev–Trinajstić information content (AvgIpc) is 2.75. The van der Waals surface area contributed by atoms with Crippen LogP contribution in [0.2, 0.25) is 0 Å². The molecule has 11 unspecified atom stereocenters. The van der Waals surface area contributed by atoms with E-state index < -0.39 is 5.60 Å². The average molecular weight is 442 g/mol. The first kappa shape index (κ1) is 22.1. The first-order valence-electron chi connectivity index (χ1n) is 14.1. The van der Waals surface area contributed by atoms with Gasteiger partial charge in [-0.05, 0) is 114 Å². The molecular formula is C29H47NO2. The van der Waals surface area contributed by atoms with Gasteiger partial charge in [0.2, 0.25) is 0 Å². The number of nitroso groups, excluding NO2 is 1. The fourth-order valence-electron chi connectivity index (χ4n) is 15.1. The van der Waals surface area contributed by atoms with Crippen LogP contribution in [0.1, 0.15) is 106 Å². The molecule has 9 saturated carbocycles. The van der Waals surface area contributed by atoms with Gasteiger partial charge in [-0.25, -0.2) is 0 Å². The highest BCUT2D eigenvalue weighted by Gasteiger charge is 2.97. The molecule has 0 aromatic carbocycles. The van der Waals surface area contributed by atoms with Crippen molar-refractivity contribution in [1.82, 2.24) is 0 Å². The summed E-state index contributed by atoms with van der Waals surface area (Å²) in [7, 11) is 0. The van der Waals surface area contributed by atoms with Crippen molar-refractivity contribution in [2.75, 3.05) is 6.54 Å². The molecule has 3 heteroatoms. The monoisotopic (exact) mass is 441 g/mol. The third-order valence-corrected chi connectivity index (χ3v) is 13.7. The molecule has 1 spiro atoms. The summed E-state index contributed by atoms with van der Waals surface area (Å²) in [4.78, 5) is 11.5. The SMILES string of the molecule is CCCC12C3C(C)(C)C1C1(C)C4CCCC5(CC)CCCC4C52C(CCN=O)C1C3(C)O. The zero-order valence-electron chi connectivity index (χ0n) is 21.5. The Morgan fingerprint density at radius 2 is 1.62 bits per heavy atom. The van der Waals surface area contributed by atoms with Gasteiger partial charge in [0.05, 0.1) is 12.1 Å². The molecule has 32 heavy (non-hydrogen) atoms. The fraction of sp³-hybridized carbons (Fsp3) is 1.00. The summed E-state index contributed by atoms with van der Waals surface area (Å²) in [5.41, 5.74) is 0.716. The van der Waals surface area contributed by atoms with Gasteiger partial charge < -0.3 is 5.11 Å². The van der Waals surface area contributed by atoms with Crippen LogP contribution in [0.5, 0.6) is 0 Å². The second-order valence-corrected chi connectivity index (χ2v) is 14.3. The zero-order valence-corrected chi connectivity index (χ0v) is 21.5. The first-order valence-corrected chi connectivity index (χ1v) is 14.1. The van der Waals surface area contributed by atoms with Crippen LogP contribution in [0.3, 0.4) is 0 Å². The summed E-state index contributed by atoms with van der Waals surface area (Å²) in [5, 5.41) is 16.0. The molecule has 180 valence electrons. The normalized spacial score (nSPS) is 60.6. The molecule has 0 aromatic rings. The molecule has 11 atom stereocenters. The predicted octanol–water partition coefficient (Wildman–Crippen LogP) is 7.22. The van der Waals surface area contributed by atoms with Gasteiger partial charge in [-0.1, -0.05) is 59.1 Å². The lowest BCUT2D eigenvalue weighted by Gasteiger charge is -2.97. The highest BCUT2D eigenvalue weighted by molar-refractivity contribution is 5.44. The van der Waals surface area contributed by atoms with Crippen molar-refractivity contribution in [1.29, 1.82) is 0 Å². The maximum atomic E-state index is 12.6. The maximum Gasteiger partial charge on any atom is 0.0814 e. The van der Waals surface area contributed by atoms with E-state index in [1.54, 1.807) is 0 Å². The van der Waals surface area contributed by atoms with E-state index in [1.165, 1.54) is 57.8 Å². The van der Waals surface area contributed by atoms with Crippen molar-refractivity contribution in [3.8, 4) is 0 Å². The summed E-state index contributed by atoms with van der Waals surface area (Å²) in [5.74, 6) is 3.48. The van der Waals surface area contributed by atoms with E-state index >= 15 is 0 Å². The summed E-state index contributed by atoms with van der Waals surface area (Å²) in [6.07, 6.45) is 13.0. The minimum atomic E-state index is -0.633. The molecule has 9 aliphatic rings. The zero-order chi connectivity index (χ0) is 22.9. The molecular weight excluding hydrogens is 394 g/mol. The van der Waals surface area contributed by atoms with Crippen LogP contribution in [0.25, 0.3) is 0 Å². The fourth-order valence-corrected chi connectivity index (χ4v) is 15.1. The van der Waals surface area contributed by atoms with E-state index in [0.717, 1.165) is 24.2 Å². The predicted molar refractivity (Wildman–Crippen MR) is 129 cm³/mol. The molecule has 9 bridgehead atoms. The van der Waals surface area contributed by atoms with E-state index in [1.807, 2.05) is 0 Å². The lowest BCUT2D eigenvalue weighted by molar-refractivity contribution is -0.524. The van der Waals surface area contributed by atoms with E-state index in [0.29, 0.717) is 35.1 Å². The maximum absolute atomic E-state index is 12.6. The summed E-state index contributed by atoms with van der Waals surface area (Å²) in [6, 6.07) is 0. The van der Waals surface area contributed by atoms with Crippen molar-refractivity contribution in [2.24, 2.45) is 67.8 Å². The second-order valence-electron chi connectivity index (χ2n) is 14.3. The highest BCUT2D eigenvalue weighted by atomic mass is 16.3. The Hall–Kier alpha value is -0.440. The third kappa shape index (κ3) is 1.77. The topological polar surface area (TPSA) is 49.7 Å². The Balaban J connectivity index is 1.74. The molecule has 0 radical (unpaired) electrons. The number of hydrogen-bond acceptors (Lipinski definition) is 3. The molecule has 0 saturated heterocycles. The van der Waals surface area contributed by atoms with Crippen LogP contribution in [0, 0.1) is 67.5 Å². The van der Waals surface area contributed by atoms with Gasteiger partial charge in [0.25, 0.3) is 0 Å². The second kappa shape index (κ2) is 6.21. The summed E-state index contributed by atoms with van der Waals surface area (Å²) in [6.45, 7) is 15.2. The first-order chi connectivity index (χ1) is 15.1. The Labute approximate surface area is 195 Å². The summed E-state index contributed by atoms with van der Waals surface area (Å²) < 4.78 is 0. The third-order valence-electron chi connectivity index (χ3n) is 13.7. The Bertz CT molecular complexity index is 835. The highest BCUT2D eigenvalue weighted by Crippen LogP contribution is 2.99. The van der Waals surface area contributed by atoms with Crippen LogP contribution in [-0.4, -0.2) is 17.3 Å². The number of rotatable bonds is 6. The Kier molecular flexibility index (Phi) is 4.28. The minimum absolute atomic E-state index is 0.193. The van der Waals surface area contributed by atoms with Gasteiger partial charge in [0, 0.05) is 0 Å². The van der Waals surface area contributed by atoms with Crippen molar-refractivity contribution in [3.05, 3.63) is 4.91 Å². The van der Waals surface area contributed by atoms with Gasteiger partial charge >= 0.3 is 0 Å². The lowest BCUT2D eigenvalue weighted by atomic mass is 9.06. The molecule has 3 nitrogen and oxygen atoms in total. The van der Waals surface area contributed by atoms with Crippen LogP contribution in [0.15, 0.2) is 5.18 Å². The van der Waals surface area contributed by atoms with Crippen molar-refractivity contribution < 1.29 is 5.11 Å². The molecule has 0 amide bonds. The van der Waals surface area contributed by atoms with E-state index in [-0.39, 0.29) is 16.2 Å². The molecule has 9 aliphatic carbocycles. The van der Waals surface area contributed by atoms with Crippen molar-refractivity contribution in [3.63, 3.8) is 0 Å². The van der Waals surface area contributed by atoms with Gasteiger partial charge in [0.1, 0.15) is 0 Å². The smallest absolute Gasteiger partial charge is 0.0814 e. The summed E-state index contributed by atoms with van der Waals surface area (Å²) >= 11 is 0. The molecule has 9 fully saturated rings. The number of aliphatic hydroxyl groups is 1. The molecule has 0 heterocycles. The van der Waals surface area contributed by atoms with Crippen LogP contribution >= 0.6 is 0 Å². The van der Waals surface area contributed by atoms with Crippen LogP contribution in [-0.2, 0) is 0 Å². The molecule has 1 N–H and O–H groups in total. The minimum Gasteiger partial charge on any atom is -0.390 e. The van der Waals surface area contributed by atoms with Crippen LogP contribution < -0.4 is 0 Å². The van der Waals surface area contributed by atoms with Gasteiger partial charge in [-0.2, -0.15) is 4.91 Å². The van der Waals surface area contributed by atoms with E-state index in [4.69, 9.17) is 0 Å². The van der Waals surface area contributed by atoms with Crippen LogP contribution in [0.4, 0.5) is 0 Å². The van der Waals surface area contributed by atoms with Crippen molar-refractivity contribution in [2.45, 2.75) is 111 Å². The quantitative estimate of drug-likeness (QED) is 0.442. The standard InChI is InChI=1S/C29H47NO2/c1-7-14-28-22-24(3,4)23(28)26(6,31)21-20(13-17-30-32)29(28)19-12-10-16-27(29,8-2)15-9-11-18(19)25(21,22)5/h18-23,31H,7-17H2,1-6H3. The van der Waals surface area contributed by atoms with Gasteiger partial charge in [0.15, 0.2) is 0 Å². The number of hydrogen-bond donors (Lipinski definition) is 1.